The molecular formula is C16H18ClNO2S. The van der Waals surface area contributed by atoms with E-state index >= 15 is 0 Å². The van der Waals surface area contributed by atoms with E-state index in [9.17, 15) is 8.42 Å². The first kappa shape index (κ1) is 16.0. The lowest BCUT2D eigenvalue weighted by Crippen LogP contribution is -2.30. The molecule has 0 N–H and O–H groups in total. The fraction of sp³-hybridized carbons (Fsp3) is 0.250. The van der Waals surface area contributed by atoms with Crippen LogP contribution in [0.4, 0.5) is 0 Å². The Kier molecular flexibility index (Phi) is 4.71. The Morgan fingerprint density at radius 1 is 1.10 bits per heavy atom. The van der Waals surface area contributed by atoms with Gasteiger partial charge in [-0.2, -0.15) is 4.31 Å². The minimum Gasteiger partial charge on any atom is -0.207 e. The van der Waals surface area contributed by atoms with Crippen molar-refractivity contribution in [2.75, 3.05) is 7.05 Å². The molecule has 21 heavy (non-hydrogen) atoms. The number of aryl methyl sites for hydroxylation is 1. The Balaban J connectivity index is 2.39. The molecule has 0 fully saturated rings. The molecule has 0 aliphatic heterocycles. The first-order chi connectivity index (χ1) is 9.84. The third-order valence-corrected chi connectivity index (χ3v) is 5.95. The number of hydrogen-bond donors (Lipinski definition) is 0. The summed E-state index contributed by atoms with van der Waals surface area (Å²) in [6, 6.07) is 13.9. The summed E-state index contributed by atoms with van der Waals surface area (Å²) in [6.07, 6.45) is 0. The van der Waals surface area contributed by atoms with Gasteiger partial charge in [0.25, 0.3) is 0 Å². The van der Waals surface area contributed by atoms with Gasteiger partial charge in [0.05, 0.1) is 4.90 Å². The van der Waals surface area contributed by atoms with Gasteiger partial charge in [0.1, 0.15) is 0 Å². The quantitative estimate of drug-likeness (QED) is 0.852. The van der Waals surface area contributed by atoms with Crippen LogP contribution >= 0.6 is 11.6 Å². The minimum atomic E-state index is -3.54. The second-order valence-corrected chi connectivity index (χ2v) is 7.42. The van der Waals surface area contributed by atoms with E-state index in [0.29, 0.717) is 9.92 Å². The molecular weight excluding hydrogens is 306 g/mol. The Morgan fingerprint density at radius 3 is 2.38 bits per heavy atom. The van der Waals surface area contributed by atoms with E-state index in [1.807, 2.05) is 25.1 Å². The third-order valence-electron chi connectivity index (χ3n) is 3.63. The standard InChI is InChI=1S/C16H18ClNO2S/c1-12-7-4-5-10-16(12)21(19,20)18(3)13(2)14-8-6-9-15(17)11-14/h4-11,13H,1-3H3. The largest absolute Gasteiger partial charge is 0.243 e. The zero-order valence-corrected chi connectivity index (χ0v) is 13.8. The van der Waals surface area contributed by atoms with Gasteiger partial charge in [0.2, 0.25) is 10.0 Å². The fourth-order valence-corrected chi connectivity index (χ4v) is 3.96. The smallest absolute Gasteiger partial charge is 0.207 e. The van der Waals surface area contributed by atoms with E-state index in [4.69, 9.17) is 11.6 Å². The van der Waals surface area contributed by atoms with Crippen molar-refractivity contribution in [3.05, 3.63) is 64.7 Å². The van der Waals surface area contributed by atoms with Crippen LogP contribution in [-0.4, -0.2) is 19.8 Å². The minimum absolute atomic E-state index is 0.298. The summed E-state index contributed by atoms with van der Waals surface area (Å²) >= 11 is 5.98. The van der Waals surface area contributed by atoms with Gasteiger partial charge in [-0.05, 0) is 43.2 Å². The van der Waals surface area contributed by atoms with E-state index in [-0.39, 0.29) is 6.04 Å². The second-order valence-electron chi connectivity index (χ2n) is 5.02. The lowest BCUT2D eigenvalue weighted by atomic mass is 10.1. The summed E-state index contributed by atoms with van der Waals surface area (Å²) in [4.78, 5) is 0.335. The van der Waals surface area contributed by atoms with Crippen molar-refractivity contribution in [2.45, 2.75) is 24.8 Å². The lowest BCUT2D eigenvalue weighted by Gasteiger charge is -2.25. The highest BCUT2D eigenvalue weighted by Gasteiger charge is 2.27. The van der Waals surface area contributed by atoms with Gasteiger partial charge >= 0.3 is 0 Å². The van der Waals surface area contributed by atoms with Crippen LogP contribution in [0.25, 0.3) is 0 Å². The summed E-state index contributed by atoms with van der Waals surface area (Å²) in [5.74, 6) is 0. The third kappa shape index (κ3) is 3.28. The van der Waals surface area contributed by atoms with Crippen LogP contribution in [0.3, 0.4) is 0 Å². The van der Waals surface area contributed by atoms with Gasteiger partial charge in [-0.3, -0.25) is 0 Å². The van der Waals surface area contributed by atoms with Gasteiger partial charge in [-0.15, -0.1) is 0 Å². The highest BCUT2D eigenvalue weighted by Crippen LogP contribution is 2.28. The van der Waals surface area contributed by atoms with Crippen molar-refractivity contribution in [3.63, 3.8) is 0 Å². The summed E-state index contributed by atoms with van der Waals surface area (Å²) in [7, 11) is -1.95. The monoisotopic (exact) mass is 323 g/mol. The molecule has 1 unspecified atom stereocenters. The van der Waals surface area contributed by atoms with Gasteiger partial charge in [0.15, 0.2) is 0 Å². The van der Waals surface area contributed by atoms with E-state index < -0.39 is 10.0 Å². The first-order valence-electron chi connectivity index (χ1n) is 6.63. The van der Waals surface area contributed by atoms with Gasteiger partial charge in [0, 0.05) is 18.1 Å². The highest BCUT2D eigenvalue weighted by atomic mass is 35.5. The van der Waals surface area contributed by atoms with Crippen molar-refractivity contribution in [2.24, 2.45) is 0 Å². The summed E-state index contributed by atoms with van der Waals surface area (Å²) in [6.45, 7) is 3.65. The normalized spacial score (nSPS) is 13.4. The van der Waals surface area contributed by atoms with Crippen LogP contribution in [0.15, 0.2) is 53.4 Å². The highest BCUT2D eigenvalue weighted by molar-refractivity contribution is 7.89. The SMILES string of the molecule is Cc1ccccc1S(=O)(=O)N(C)C(C)c1cccc(Cl)c1. The molecule has 2 aromatic rings. The molecule has 3 nitrogen and oxygen atoms in total. The van der Waals surface area contributed by atoms with E-state index in [0.717, 1.165) is 11.1 Å². The maximum Gasteiger partial charge on any atom is 0.243 e. The van der Waals surface area contributed by atoms with Crippen LogP contribution in [0.1, 0.15) is 24.1 Å². The van der Waals surface area contributed by atoms with Crippen molar-refractivity contribution in [3.8, 4) is 0 Å². The number of hydrogen-bond acceptors (Lipinski definition) is 2. The molecule has 0 amide bonds. The van der Waals surface area contributed by atoms with Crippen LogP contribution in [0.5, 0.6) is 0 Å². The number of nitrogens with zero attached hydrogens (tertiary/aromatic N) is 1. The molecule has 5 heteroatoms. The summed E-state index contributed by atoms with van der Waals surface area (Å²) in [5.41, 5.74) is 1.60. The molecule has 2 aromatic carbocycles. The average Bonchev–Trinajstić information content (AvgIpc) is 2.46. The molecule has 2 rings (SSSR count). The molecule has 1 atom stereocenters. The molecule has 0 saturated heterocycles. The number of benzene rings is 2. The lowest BCUT2D eigenvalue weighted by molar-refractivity contribution is 0.398. The molecule has 0 bridgehead atoms. The fourth-order valence-electron chi connectivity index (χ4n) is 2.19. The maximum atomic E-state index is 12.7. The molecule has 0 aliphatic carbocycles. The van der Waals surface area contributed by atoms with Crippen LogP contribution < -0.4 is 0 Å². The number of halogens is 1. The van der Waals surface area contributed by atoms with Crippen LogP contribution in [0, 0.1) is 6.92 Å². The Labute approximate surface area is 131 Å². The Bertz CT molecular complexity index is 743. The summed E-state index contributed by atoms with van der Waals surface area (Å²) in [5, 5.41) is 0.598. The van der Waals surface area contributed by atoms with Gasteiger partial charge in [-0.1, -0.05) is 41.9 Å². The molecule has 0 aliphatic rings. The van der Waals surface area contributed by atoms with Crippen molar-refractivity contribution in [1.29, 1.82) is 0 Å². The van der Waals surface area contributed by atoms with Crippen molar-refractivity contribution >= 4 is 21.6 Å². The average molecular weight is 324 g/mol. The summed E-state index contributed by atoms with van der Waals surface area (Å²) < 4.78 is 26.9. The van der Waals surface area contributed by atoms with E-state index in [2.05, 4.69) is 0 Å². The number of rotatable bonds is 4. The van der Waals surface area contributed by atoms with Gasteiger partial charge < -0.3 is 0 Å². The molecule has 0 aromatic heterocycles. The van der Waals surface area contributed by atoms with Crippen molar-refractivity contribution in [1.82, 2.24) is 4.31 Å². The topological polar surface area (TPSA) is 37.4 Å². The predicted molar refractivity (Wildman–Crippen MR) is 86.0 cm³/mol. The maximum absolute atomic E-state index is 12.7. The molecule has 0 heterocycles. The molecule has 0 spiro atoms. The van der Waals surface area contributed by atoms with Gasteiger partial charge in [-0.25, -0.2) is 8.42 Å². The molecule has 0 radical (unpaired) electrons. The van der Waals surface area contributed by atoms with Crippen LogP contribution in [0.2, 0.25) is 5.02 Å². The Hall–Kier alpha value is -1.36. The number of sulfonamides is 1. The predicted octanol–water partition coefficient (Wildman–Crippen LogP) is 4.03. The Morgan fingerprint density at radius 2 is 1.76 bits per heavy atom. The zero-order valence-electron chi connectivity index (χ0n) is 12.2. The zero-order chi connectivity index (χ0) is 15.6. The first-order valence-corrected chi connectivity index (χ1v) is 8.45. The van der Waals surface area contributed by atoms with E-state index in [1.54, 1.807) is 44.3 Å². The molecule has 112 valence electrons. The van der Waals surface area contributed by atoms with Crippen LogP contribution in [-0.2, 0) is 10.0 Å². The van der Waals surface area contributed by atoms with E-state index in [1.165, 1.54) is 4.31 Å². The second kappa shape index (κ2) is 6.18. The molecule has 0 saturated carbocycles. The van der Waals surface area contributed by atoms with Crippen molar-refractivity contribution < 1.29 is 8.42 Å².